The minimum Gasteiger partial charge on any atom is -0.312 e. The number of hydrogen-bond acceptors (Lipinski definition) is 2. The average molecular weight is 221 g/mol. The van der Waals surface area contributed by atoms with E-state index < -0.39 is 0 Å². The van der Waals surface area contributed by atoms with Crippen LogP contribution in [0.1, 0.15) is 32.3 Å². The largest absolute Gasteiger partial charge is 0.312 e. The summed E-state index contributed by atoms with van der Waals surface area (Å²) in [6.45, 7) is 11.1. The number of hydrogen-bond donors (Lipinski definition) is 1. The Kier molecular flexibility index (Phi) is 5.86. The highest BCUT2D eigenvalue weighted by atomic mass is 15.3. The third kappa shape index (κ3) is 5.12. The molecule has 90 valence electrons. The monoisotopic (exact) mass is 221 g/mol. The van der Waals surface area contributed by atoms with Crippen LogP contribution in [-0.2, 0) is 13.1 Å². The van der Waals surface area contributed by atoms with Gasteiger partial charge in [0.25, 0.3) is 0 Å². The molecule has 0 spiro atoms. The summed E-state index contributed by atoms with van der Waals surface area (Å²) < 4.78 is 2.01. The van der Waals surface area contributed by atoms with E-state index in [1.807, 2.05) is 17.0 Å². The number of nitrogens with one attached hydrogen (secondary N) is 1. The van der Waals surface area contributed by atoms with E-state index in [4.69, 9.17) is 0 Å². The van der Waals surface area contributed by atoms with Gasteiger partial charge in [-0.05, 0) is 25.3 Å². The predicted molar refractivity (Wildman–Crippen MR) is 68.2 cm³/mol. The molecule has 3 nitrogen and oxygen atoms in total. The standard InChI is InChI=1S/C13H23N3/c1-4-5-6-7-16-11-13(10-15-16)9-14-8-12(2)3/h4,10-12,14H,1,5-9H2,2-3H3. The van der Waals surface area contributed by atoms with Gasteiger partial charge in [-0.15, -0.1) is 6.58 Å². The van der Waals surface area contributed by atoms with Crippen LogP contribution in [0.25, 0.3) is 0 Å². The van der Waals surface area contributed by atoms with Crippen LogP contribution >= 0.6 is 0 Å². The van der Waals surface area contributed by atoms with Gasteiger partial charge in [0.1, 0.15) is 0 Å². The van der Waals surface area contributed by atoms with E-state index in [9.17, 15) is 0 Å². The molecule has 1 N–H and O–H groups in total. The Morgan fingerprint density at radius 3 is 3.06 bits per heavy atom. The molecule has 3 heteroatoms. The number of unbranched alkanes of at least 4 members (excludes halogenated alkanes) is 1. The lowest BCUT2D eigenvalue weighted by Crippen LogP contribution is -2.18. The lowest BCUT2D eigenvalue weighted by molar-refractivity contribution is 0.551. The lowest BCUT2D eigenvalue weighted by atomic mass is 10.2. The quantitative estimate of drug-likeness (QED) is 0.540. The van der Waals surface area contributed by atoms with E-state index in [-0.39, 0.29) is 0 Å². The van der Waals surface area contributed by atoms with E-state index in [2.05, 4.69) is 37.0 Å². The maximum absolute atomic E-state index is 4.33. The summed E-state index contributed by atoms with van der Waals surface area (Å²) in [4.78, 5) is 0. The molecule has 0 aliphatic heterocycles. The van der Waals surface area contributed by atoms with Gasteiger partial charge in [-0.3, -0.25) is 4.68 Å². The molecular formula is C13H23N3. The Hall–Kier alpha value is -1.09. The van der Waals surface area contributed by atoms with Crippen molar-refractivity contribution < 1.29 is 0 Å². The molecule has 16 heavy (non-hydrogen) atoms. The minimum absolute atomic E-state index is 0.697. The Morgan fingerprint density at radius 2 is 2.38 bits per heavy atom. The van der Waals surface area contributed by atoms with Gasteiger partial charge in [-0.1, -0.05) is 19.9 Å². The molecule has 1 rings (SSSR count). The smallest absolute Gasteiger partial charge is 0.0534 e. The van der Waals surface area contributed by atoms with Crippen LogP contribution in [0.4, 0.5) is 0 Å². The molecule has 0 amide bonds. The zero-order valence-electron chi connectivity index (χ0n) is 10.4. The highest BCUT2D eigenvalue weighted by molar-refractivity contribution is 5.03. The normalized spacial score (nSPS) is 10.9. The molecule has 0 aliphatic rings. The fraction of sp³-hybridized carbons (Fsp3) is 0.615. The van der Waals surface area contributed by atoms with Crippen molar-refractivity contribution in [2.45, 2.75) is 39.8 Å². The van der Waals surface area contributed by atoms with Gasteiger partial charge < -0.3 is 5.32 Å². The van der Waals surface area contributed by atoms with Crippen molar-refractivity contribution in [2.75, 3.05) is 6.54 Å². The van der Waals surface area contributed by atoms with Gasteiger partial charge >= 0.3 is 0 Å². The molecule has 1 aromatic heterocycles. The first-order chi connectivity index (χ1) is 7.72. The number of aromatic nitrogens is 2. The molecular weight excluding hydrogens is 198 g/mol. The lowest BCUT2D eigenvalue weighted by Gasteiger charge is -2.05. The number of nitrogens with zero attached hydrogens (tertiary/aromatic N) is 2. The SMILES string of the molecule is C=CCCCn1cc(CNCC(C)C)cn1. The number of rotatable bonds is 8. The van der Waals surface area contributed by atoms with Gasteiger partial charge in [0, 0.05) is 24.8 Å². The van der Waals surface area contributed by atoms with Crippen molar-refractivity contribution in [3.8, 4) is 0 Å². The molecule has 0 aromatic carbocycles. The van der Waals surface area contributed by atoms with Gasteiger partial charge in [0.05, 0.1) is 6.20 Å². The fourth-order valence-corrected chi connectivity index (χ4v) is 1.52. The molecule has 0 unspecified atom stereocenters. The Bertz CT molecular complexity index is 302. The molecule has 0 aliphatic carbocycles. The molecule has 0 radical (unpaired) electrons. The summed E-state index contributed by atoms with van der Waals surface area (Å²) in [6, 6.07) is 0. The molecule has 0 bridgehead atoms. The summed E-state index contributed by atoms with van der Waals surface area (Å²) in [7, 11) is 0. The molecule has 0 atom stereocenters. The van der Waals surface area contributed by atoms with Crippen LogP contribution in [0, 0.1) is 5.92 Å². The number of aryl methyl sites for hydroxylation is 1. The maximum atomic E-state index is 4.33. The zero-order valence-corrected chi connectivity index (χ0v) is 10.4. The zero-order chi connectivity index (χ0) is 11.8. The fourth-order valence-electron chi connectivity index (χ4n) is 1.52. The number of allylic oxidation sites excluding steroid dienone is 1. The summed E-state index contributed by atoms with van der Waals surface area (Å²) in [6.07, 6.45) is 8.19. The van der Waals surface area contributed by atoms with Gasteiger partial charge in [0.15, 0.2) is 0 Å². The minimum atomic E-state index is 0.697. The third-order valence-corrected chi connectivity index (χ3v) is 2.36. The highest BCUT2D eigenvalue weighted by Crippen LogP contribution is 2.00. The van der Waals surface area contributed by atoms with Crippen LogP contribution in [-0.4, -0.2) is 16.3 Å². The first kappa shape index (κ1) is 13.0. The third-order valence-electron chi connectivity index (χ3n) is 2.36. The van der Waals surface area contributed by atoms with Crippen LogP contribution < -0.4 is 5.32 Å². The second-order valence-corrected chi connectivity index (χ2v) is 4.57. The van der Waals surface area contributed by atoms with Crippen molar-refractivity contribution in [2.24, 2.45) is 5.92 Å². The van der Waals surface area contributed by atoms with Crippen LogP contribution in [0.5, 0.6) is 0 Å². The average Bonchev–Trinajstić information content (AvgIpc) is 2.66. The molecule has 1 heterocycles. The van der Waals surface area contributed by atoms with Crippen molar-refractivity contribution >= 4 is 0 Å². The summed E-state index contributed by atoms with van der Waals surface area (Å²) in [5, 5.41) is 7.74. The Balaban J connectivity index is 2.25. The Morgan fingerprint density at radius 1 is 1.56 bits per heavy atom. The van der Waals surface area contributed by atoms with E-state index >= 15 is 0 Å². The second kappa shape index (κ2) is 7.23. The van der Waals surface area contributed by atoms with Crippen molar-refractivity contribution in [1.29, 1.82) is 0 Å². The predicted octanol–water partition coefficient (Wildman–Crippen LogP) is 2.59. The van der Waals surface area contributed by atoms with Crippen LogP contribution in [0.2, 0.25) is 0 Å². The van der Waals surface area contributed by atoms with Crippen molar-refractivity contribution in [3.63, 3.8) is 0 Å². The van der Waals surface area contributed by atoms with Crippen molar-refractivity contribution in [3.05, 3.63) is 30.6 Å². The van der Waals surface area contributed by atoms with E-state index in [0.717, 1.165) is 32.5 Å². The molecule has 0 fully saturated rings. The molecule has 0 saturated heterocycles. The highest BCUT2D eigenvalue weighted by Gasteiger charge is 1.98. The van der Waals surface area contributed by atoms with Gasteiger partial charge in [-0.25, -0.2) is 0 Å². The molecule has 0 saturated carbocycles. The topological polar surface area (TPSA) is 29.9 Å². The van der Waals surface area contributed by atoms with Crippen molar-refractivity contribution in [1.82, 2.24) is 15.1 Å². The van der Waals surface area contributed by atoms with E-state index in [0.29, 0.717) is 5.92 Å². The molecule has 1 aromatic rings. The Labute approximate surface area is 98.5 Å². The first-order valence-corrected chi connectivity index (χ1v) is 6.05. The maximum Gasteiger partial charge on any atom is 0.0534 e. The van der Waals surface area contributed by atoms with Gasteiger partial charge in [-0.2, -0.15) is 5.10 Å². The second-order valence-electron chi connectivity index (χ2n) is 4.57. The van der Waals surface area contributed by atoms with Crippen LogP contribution in [0.15, 0.2) is 25.0 Å². The van der Waals surface area contributed by atoms with E-state index in [1.54, 1.807) is 0 Å². The van der Waals surface area contributed by atoms with Crippen LogP contribution in [0.3, 0.4) is 0 Å². The first-order valence-electron chi connectivity index (χ1n) is 6.05. The van der Waals surface area contributed by atoms with Gasteiger partial charge in [0.2, 0.25) is 0 Å². The van der Waals surface area contributed by atoms with E-state index in [1.165, 1.54) is 5.56 Å². The summed E-state index contributed by atoms with van der Waals surface area (Å²) in [5.41, 5.74) is 1.26. The summed E-state index contributed by atoms with van der Waals surface area (Å²) in [5.74, 6) is 0.697. The summed E-state index contributed by atoms with van der Waals surface area (Å²) >= 11 is 0.